The first-order valence-corrected chi connectivity index (χ1v) is 13.1. The first-order chi connectivity index (χ1) is 17.3. The highest BCUT2D eigenvalue weighted by atomic mass is 16.7. The summed E-state index contributed by atoms with van der Waals surface area (Å²) in [6.45, 7) is 4.37. The van der Waals surface area contributed by atoms with Crippen molar-refractivity contribution in [1.29, 1.82) is 0 Å². The van der Waals surface area contributed by atoms with E-state index in [1.165, 1.54) is 23.6 Å². The van der Waals surface area contributed by atoms with Gasteiger partial charge in [0.25, 0.3) is 0 Å². The number of oxime groups is 1. The molecule has 0 spiro atoms. The van der Waals surface area contributed by atoms with Crippen molar-refractivity contribution >= 4 is 18.0 Å². The van der Waals surface area contributed by atoms with Crippen LogP contribution >= 0.6 is 0 Å². The van der Waals surface area contributed by atoms with Crippen LogP contribution in [-0.4, -0.2) is 44.4 Å². The molecule has 4 aliphatic carbocycles. The Morgan fingerprint density at radius 3 is 2.61 bits per heavy atom. The first-order valence-electron chi connectivity index (χ1n) is 13.1. The number of nitrogens with zero attached hydrogens (tertiary/aromatic N) is 1. The van der Waals surface area contributed by atoms with E-state index in [0.717, 1.165) is 44.1 Å². The number of hydrogen-bond acceptors (Lipinski definition) is 6. The van der Waals surface area contributed by atoms with Gasteiger partial charge in [-0.2, -0.15) is 0 Å². The van der Waals surface area contributed by atoms with Gasteiger partial charge in [-0.15, -0.1) is 0 Å². The van der Waals surface area contributed by atoms with Crippen LogP contribution in [0, 0.1) is 17.3 Å². The Labute approximate surface area is 213 Å². The van der Waals surface area contributed by atoms with E-state index in [4.69, 9.17) is 14.3 Å². The molecule has 0 saturated heterocycles. The molecule has 5 atom stereocenters. The van der Waals surface area contributed by atoms with Crippen LogP contribution in [0.15, 0.2) is 52.2 Å². The normalized spacial score (nSPS) is 33.7. The quantitative estimate of drug-likeness (QED) is 0.298. The van der Waals surface area contributed by atoms with Crippen molar-refractivity contribution in [1.82, 2.24) is 0 Å². The van der Waals surface area contributed by atoms with Gasteiger partial charge in [0.05, 0.1) is 18.4 Å². The molecule has 2 fully saturated rings. The monoisotopic (exact) mass is 491 g/mol. The molecule has 0 amide bonds. The van der Waals surface area contributed by atoms with E-state index in [9.17, 15) is 9.59 Å². The molecule has 0 bridgehead atoms. The van der Waals surface area contributed by atoms with Gasteiger partial charge < -0.3 is 14.3 Å². The lowest BCUT2D eigenvalue weighted by molar-refractivity contribution is -0.149. The molecule has 1 aromatic carbocycles. The van der Waals surface area contributed by atoms with Crippen molar-refractivity contribution < 1.29 is 23.9 Å². The largest absolute Gasteiger partial charge is 0.382 e. The smallest absolute Gasteiger partial charge is 0.331 e. The summed E-state index contributed by atoms with van der Waals surface area (Å²) in [6.07, 6.45) is 10.2. The number of ether oxygens (including phenoxy) is 2. The molecule has 0 aliphatic heterocycles. The summed E-state index contributed by atoms with van der Waals surface area (Å²) in [7, 11) is 3.62. The Morgan fingerprint density at radius 1 is 1.14 bits per heavy atom. The molecule has 6 heteroatoms. The third-order valence-corrected chi connectivity index (χ3v) is 9.51. The molecule has 1 aromatic rings. The van der Waals surface area contributed by atoms with Gasteiger partial charge >= 0.3 is 5.97 Å². The van der Waals surface area contributed by atoms with Gasteiger partial charge in [-0.05, 0) is 78.7 Å². The number of rotatable bonds is 6. The van der Waals surface area contributed by atoms with Crippen LogP contribution in [0.4, 0.5) is 0 Å². The highest BCUT2D eigenvalue weighted by Gasteiger charge is 2.63. The number of ketones is 1. The predicted octanol–water partition coefficient (Wildman–Crippen LogP) is 5.51. The molecule has 2 saturated carbocycles. The summed E-state index contributed by atoms with van der Waals surface area (Å²) in [4.78, 5) is 28.0. The average Bonchev–Trinajstić information content (AvgIpc) is 3.15. The van der Waals surface area contributed by atoms with E-state index in [2.05, 4.69) is 24.2 Å². The fraction of sp³-hybridized carbons (Fsp3) is 0.567. The lowest BCUT2D eigenvalue weighted by Crippen LogP contribution is -2.54. The third-order valence-electron chi connectivity index (χ3n) is 9.51. The zero-order valence-corrected chi connectivity index (χ0v) is 21.8. The zero-order chi connectivity index (χ0) is 25.5. The fourth-order valence-electron chi connectivity index (χ4n) is 7.88. The Kier molecular flexibility index (Phi) is 6.77. The molecular weight excluding hydrogens is 454 g/mol. The van der Waals surface area contributed by atoms with Crippen molar-refractivity contribution in [2.24, 2.45) is 22.4 Å². The number of fused-ring (bicyclic) bond motifs is 4. The van der Waals surface area contributed by atoms with Gasteiger partial charge in [-0.3, -0.25) is 4.79 Å². The first kappa shape index (κ1) is 25.1. The minimum absolute atomic E-state index is 0.0156. The maximum absolute atomic E-state index is 12.3. The van der Waals surface area contributed by atoms with E-state index >= 15 is 0 Å². The lowest BCUT2D eigenvalue weighted by Gasteiger charge is -2.55. The highest BCUT2D eigenvalue weighted by Crippen LogP contribution is 2.67. The molecule has 0 radical (unpaired) electrons. The predicted molar refractivity (Wildman–Crippen MR) is 138 cm³/mol. The topological polar surface area (TPSA) is 74.2 Å². The van der Waals surface area contributed by atoms with Crippen molar-refractivity contribution in [3.05, 3.63) is 58.2 Å². The molecule has 192 valence electrons. The van der Waals surface area contributed by atoms with Crippen molar-refractivity contribution in [3.8, 4) is 0 Å². The summed E-state index contributed by atoms with van der Waals surface area (Å²) in [5.74, 6) is 1.12. The van der Waals surface area contributed by atoms with E-state index in [0.29, 0.717) is 24.9 Å². The molecule has 5 rings (SSSR count). The van der Waals surface area contributed by atoms with Gasteiger partial charge in [0.15, 0.2) is 5.78 Å². The van der Waals surface area contributed by atoms with Gasteiger partial charge in [-0.1, -0.05) is 41.9 Å². The van der Waals surface area contributed by atoms with Crippen LogP contribution in [0.5, 0.6) is 0 Å². The molecule has 36 heavy (non-hydrogen) atoms. The van der Waals surface area contributed by atoms with Crippen LogP contribution < -0.4 is 0 Å². The van der Waals surface area contributed by atoms with Crippen LogP contribution in [0.3, 0.4) is 0 Å². The number of hydrogen-bond donors (Lipinski definition) is 0. The molecule has 0 unspecified atom stereocenters. The van der Waals surface area contributed by atoms with Crippen molar-refractivity contribution in [2.45, 2.75) is 70.3 Å². The van der Waals surface area contributed by atoms with Crippen LogP contribution in [0.25, 0.3) is 0 Å². The summed E-state index contributed by atoms with van der Waals surface area (Å²) >= 11 is 0. The molecule has 0 N–H and O–H groups in total. The molecule has 0 heterocycles. The summed E-state index contributed by atoms with van der Waals surface area (Å²) in [5, 5.41) is 3.76. The van der Waals surface area contributed by atoms with Gasteiger partial charge in [0.1, 0.15) is 0 Å². The Hall–Kier alpha value is -2.57. The molecular formula is C30H37NO5. The number of allylic oxidation sites excluding steroid dienone is 4. The van der Waals surface area contributed by atoms with E-state index in [-0.39, 0.29) is 22.7 Å². The average molecular weight is 492 g/mol. The number of methoxy groups -OCH3 is 2. The number of benzene rings is 1. The Bertz CT molecular complexity index is 1130. The van der Waals surface area contributed by atoms with E-state index < -0.39 is 5.97 Å². The second kappa shape index (κ2) is 9.71. The standard InChI is InChI=1S/C30H37NO5/c1-19(32)36-31-17-20-5-7-21(8-6-20)26-16-29(2)27(13-14-30(29,35-4)18-34-3)25-11-9-22-15-23(33)10-12-24(22)28(25)26/h5-8,15,17,25-27H,9-14,16,18H2,1-4H3/t25-,26+,27-,29-,30+/m0/s1. The van der Waals surface area contributed by atoms with Crippen molar-refractivity contribution in [3.63, 3.8) is 0 Å². The minimum atomic E-state index is -0.436. The second-order valence-corrected chi connectivity index (χ2v) is 11.1. The fourth-order valence-corrected chi connectivity index (χ4v) is 7.88. The summed E-state index contributed by atoms with van der Waals surface area (Å²) < 4.78 is 12.1. The highest BCUT2D eigenvalue weighted by molar-refractivity contribution is 5.93. The van der Waals surface area contributed by atoms with Gasteiger partial charge in [-0.25, -0.2) is 4.79 Å². The number of carbonyl (C=O) groups is 2. The SMILES string of the molecule is COC[C@]1(OC)CC[C@H]2[C@@H]3CCC4=CC(=O)CCC4=C3[C@@H](c3ccc(C=NOC(C)=O)cc3)C[C@@]21C. The second-order valence-electron chi connectivity index (χ2n) is 11.1. The maximum Gasteiger partial charge on any atom is 0.331 e. The molecule has 6 nitrogen and oxygen atoms in total. The van der Waals surface area contributed by atoms with Crippen molar-refractivity contribution in [2.75, 3.05) is 20.8 Å². The molecule has 0 aromatic heterocycles. The zero-order valence-electron chi connectivity index (χ0n) is 21.8. The maximum atomic E-state index is 12.3. The van der Waals surface area contributed by atoms with Crippen LogP contribution in [0.2, 0.25) is 0 Å². The minimum Gasteiger partial charge on any atom is -0.382 e. The molecule has 4 aliphatic rings. The Morgan fingerprint density at radius 2 is 1.92 bits per heavy atom. The third kappa shape index (κ3) is 4.08. The van der Waals surface area contributed by atoms with E-state index in [1.807, 2.05) is 25.3 Å². The number of carbonyl (C=O) groups excluding carboxylic acids is 2. The van der Waals surface area contributed by atoms with Crippen LogP contribution in [0.1, 0.15) is 75.8 Å². The van der Waals surface area contributed by atoms with Crippen LogP contribution in [-0.2, 0) is 23.9 Å². The van der Waals surface area contributed by atoms with Gasteiger partial charge in [0.2, 0.25) is 0 Å². The summed E-state index contributed by atoms with van der Waals surface area (Å²) in [5.41, 5.74) is 6.12. The van der Waals surface area contributed by atoms with E-state index in [1.54, 1.807) is 18.9 Å². The Balaban J connectivity index is 1.58. The lowest BCUT2D eigenvalue weighted by atomic mass is 9.51. The van der Waals surface area contributed by atoms with Gasteiger partial charge in [0, 0.05) is 38.9 Å². The summed E-state index contributed by atoms with van der Waals surface area (Å²) in [6, 6.07) is 8.43.